The standard InChI is InChI=1S/C11H19NOS/c1-4-10-5-6-11(13-10)7-12-9(2)8-14-3/h5-6,9,12H,4,7-8H2,1-3H3. The Kier molecular flexibility index (Phi) is 5.12. The molecule has 2 nitrogen and oxygen atoms in total. The van der Waals surface area contributed by atoms with Gasteiger partial charge in [-0.15, -0.1) is 0 Å². The number of thioether (sulfide) groups is 1. The van der Waals surface area contributed by atoms with E-state index >= 15 is 0 Å². The minimum absolute atomic E-state index is 0.542. The Labute approximate surface area is 90.5 Å². The van der Waals surface area contributed by atoms with E-state index in [-0.39, 0.29) is 0 Å². The van der Waals surface area contributed by atoms with Crippen molar-refractivity contribution in [1.82, 2.24) is 5.32 Å². The van der Waals surface area contributed by atoms with Crippen LogP contribution in [0.2, 0.25) is 0 Å². The molecule has 0 fully saturated rings. The Morgan fingerprint density at radius 2 is 2.14 bits per heavy atom. The lowest BCUT2D eigenvalue weighted by molar-refractivity contribution is 0.439. The number of hydrogen-bond acceptors (Lipinski definition) is 3. The Bertz CT molecular complexity index is 260. The summed E-state index contributed by atoms with van der Waals surface area (Å²) in [5, 5.41) is 3.42. The molecule has 0 amide bonds. The summed E-state index contributed by atoms with van der Waals surface area (Å²) in [4.78, 5) is 0. The summed E-state index contributed by atoms with van der Waals surface area (Å²) in [6.45, 7) is 5.13. The molecule has 0 radical (unpaired) electrons. The number of rotatable bonds is 6. The van der Waals surface area contributed by atoms with Gasteiger partial charge in [0.25, 0.3) is 0 Å². The smallest absolute Gasteiger partial charge is 0.117 e. The van der Waals surface area contributed by atoms with Crippen LogP contribution in [0, 0.1) is 0 Å². The second-order valence-electron chi connectivity index (χ2n) is 3.46. The summed E-state index contributed by atoms with van der Waals surface area (Å²) < 4.78 is 5.59. The molecule has 0 bridgehead atoms. The molecular formula is C11H19NOS. The Morgan fingerprint density at radius 3 is 2.71 bits per heavy atom. The van der Waals surface area contributed by atoms with Crippen molar-refractivity contribution in [2.75, 3.05) is 12.0 Å². The first-order valence-corrected chi connectivity index (χ1v) is 6.45. The van der Waals surface area contributed by atoms with Crippen LogP contribution in [0.1, 0.15) is 25.4 Å². The lowest BCUT2D eigenvalue weighted by Gasteiger charge is -2.10. The third-order valence-corrected chi connectivity index (χ3v) is 2.94. The largest absolute Gasteiger partial charge is 0.465 e. The number of aryl methyl sites for hydroxylation is 1. The van der Waals surface area contributed by atoms with Gasteiger partial charge in [0.15, 0.2) is 0 Å². The van der Waals surface area contributed by atoms with E-state index in [1.165, 1.54) is 0 Å². The molecule has 0 aromatic carbocycles. The predicted molar refractivity (Wildman–Crippen MR) is 62.8 cm³/mol. The van der Waals surface area contributed by atoms with Crippen molar-refractivity contribution >= 4 is 11.8 Å². The maximum atomic E-state index is 5.59. The maximum Gasteiger partial charge on any atom is 0.117 e. The SMILES string of the molecule is CCc1ccc(CNC(C)CSC)o1. The molecule has 1 aromatic rings. The Morgan fingerprint density at radius 1 is 1.43 bits per heavy atom. The lowest BCUT2D eigenvalue weighted by atomic mass is 10.3. The molecule has 1 heterocycles. The second-order valence-corrected chi connectivity index (χ2v) is 4.37. The van der Waals surface area contributed by atoms with Crippen LogP contribution < -0.4 is 5.32 Å². The molecule has 14 heavy (non-hydrogen) atoms. The van der Waals surface area contributed by atoms with Gasteiger partial charge in [-0.25, -0.2) is 0 Å². The Hall–Kier alpha value is -0.410. The molecule has 1 atom stereocenters. The average Bonchev–Trinajstić information content (AvgIpc) is 2.63. The molecule has 1 aromatic heterocycles. The topological polar surface area (TPSA) is 25.2 Å². The number of nitrogens with one attached hydrogen (secondary N) is 1. The molecule has 0 saturated carbocycles. The van der Waals surface area contributed by atoms with Crippen LogP contribution in [-0.4, -0.2) is 18.1 Å². The van der Waals surface area contributed by atoms with E-state index in [1.54, 1.807) is 0 Å². The molecule has 3 heteroatoms. The van der Waals surface area contributed by atoms with Crippen molar-refractivity contribution in [2.24, 2.45) is 0 Å². The molecule has 1 unspecified atom stereocenters. The van der Waals surface area contributed by atoms with E-state index in [1.807, 2.05) is 11.8 Å². The minimum Gasteiger partial charge on any atom is -0.465 e. The average molecular weight is 213 g/mol. The fourth-order valence-corrected chi connectivity index (χ4v) is 1.91. The van der Waals surface area contributed by atoms with Crippen molar-refractivity contribution < 1.29 is 4.42 Å². The zero-order valence-corrected chi connectivity index (χ0v) is 9.99. The quantitative estimate of drug-likeness (QED) is 0.786. The zero-order chi connectivity index (χ0) is 10.4. The van der Waals surface area contributed by atoms with E-state index in [4.69, 9.17) is 4.42 Å². The third-order valence-electron chi connectivity index (χ3n) is 2.11. The molecule has 0 saturated heterocycles. The van der Waals surface area contributed by atoms with Crippen LogP contribution in [0.3, 0.4) is 0 Å². The first kappa shape index (κ1) is 11.7. The van der Waals surface area contributed by atoms with E-state index in [9.17, 15) is 0 Å². The van der Waals surface area contributed by atoms with E-state index < -0.39 is 0 Å². The summed E-state index contributed by atoms with van der Waals surface area (Å²) in [5.41, 5.74) is 0. The van der Waals surface area contributed by atoms with Gasteiger partial charge in [0, 0.05) is 18.2 Å². The molecule has 1 rings (SSSR count). The normalized spacial score (nSPS) is 13.1. The molecule has 0 aliphatic heterocycles. The fourth-order valence-electron chi connectivity index (χ4n) is 1.29. The van der Waals surface area contributed by atoms with Crippen LogP contribution in [0.4, 0.5) is 0 Å². The highest BCUT2D eigenvalue weighted by molar-refractivity contribution is 7.98. The third kappa shape index (κ3) is 3.76. The molecule has 1 N–H and O–H groups in total. The van der Waals surface area contributed by atoms with Crippen molar-refractivity contribution in [2.45, 2.75) is 32.9 Å². The van der Waals surface area contributed by atoms with Crippen molar-refractivity contribution in [3.05, 3.63) is 23.7 Å². The summed E-state index contributed by atoms with van der Waals surface area (Å²) in [5.74, 6) is 3.25. The van der Waals surface area contributed by atoms with Crippen LogP contribution in [0.25, 0.3) is 0 Å². The van der Waals surface area contributed by atoms with Gasteiger partial charge in [-0.1, -0.05) is 6.92 Å². The molecule has 0 spiro atoms. The van der Waals surface area contributed by atoms with Crippen LogP contribution >= 0.6 is 11.8 Å². The van der Waals surface area contributed by atoms with E-state index in [0.29, 0.717) is 6.04 Å². The monoisotopic (exact) mass is 213 g/mol. The van der Waals surface area contributed by atoms with E-state index in [0.717, 1.165) is 30.2 Å². The van der Waals surface area contributed by atoms with E-state index in [2.05, 4.69) is 37.6 Å². The minimum atomic E-state index is 0.542. The fraction of sp³-hybridized carbons (Fsp3) is 0.636. The second kappa shape index (κ2) is 6.14. The van der Waals surface area contributed by atoms with Crippen molar-refractivity contribution in [3.63, 3.8) is 0 Å². The first-order chi connectivity index (χ1) is 6.76. The summed E-state index contributed by atoms with van der Waals surface area (Å²) >= 11 is 1.86. The predicted octanol–water partition coefficient (Wildman–Crippen LogP) is 2.68. The van der Waals surface area contributed by atoms with Crippen molar-refractivity contribution in [1.29, 1.82) is 0 Å². The van der Waals surface area contributed by atoms with Gasteiger partial charge >= 0.3 is 0 Å². The van der Waals surface area contributed by atoms with Gasteiger partial charge in [-0.05, 0) is 25.3 Å². The first-order valence-electron chi connectivity index (χ1n) is 5.06. The van der Waals surface area contributed by atoms with Crippen LogP contribution in [-0.2, 0) is 13.0 Å². The number of furan rings is 1. The highest BCUT2D eigenvalue weighted by Gasteiger charge is 2.03. The van der Waals surface area contributed by atoms with Crippen molar-refractivity contribution in [3.8, 4) is 0 Å². The molecule has 0 aliphatic rings. The van der Waals surface area contributed by atoms with Crippen LogP contribution in [0.5, 0.6) is 0 Å². The summed E-state index contributed by atoms with van der Waals surface area (Å²) in [6.07, 6.45) is 3.10. The highest BCUT2D eigenvalue weighted by Crippen LogP contribution is 2.08. The lowest BCUT2D eigenvalue weighted by Crippen LogP contribution is -2.27. The Balaban J connectivity index is 2.30. The van der Waals surface area contributed by atoms with Gasteiger partial charge in [-0.2, -0.15) is 11.8 Å². The summed E-state index contributed by atoms with van der Waals surface area (Å²) in [7, 11) is 0. The molecular weight excluding hydrogens is 194 g/mol. The maximum absolute atomic E-state index is 5.59. The molecule has 80 valence electrons. The van der Waals surface area contributed by atoms with Gasteiger partial charge < -0.3 is 9.73 Å². The van der Waals surface area contributed by atoms with Gasteiger partial charge in [-0.3, -0.25) is 0 Å². The zero-order valence-electron chi connectivity index (χ0n) is 9.17. The molecule has 0 aliphatic carbocycles. The van der Waals surface area contributed by atoms with Gasteiger partial charge in [0.05, 0.1) is 6.54 Å². The van der Waals surface area contributed by atoms with Gasteiger partial charge in [0.1, 0.15) is 11.5 Å². The summed E-state index contributed by atoms with van der Waals surface area (Å²) in [6, 6.07) is 4.65. The number of hydrogen-bond donors (Lipinski definition) is 1. The van der Waals surface area contributed by atoms with Gasteiger partial charge in [0.2, 0.25) is 0 Å². The van der Waals surface area contributed by atoms with Crippen LogP contribution in [0.15, 0.2) is 16.5 Å². The highest BCUT2D eigenvalue weighted by atomic mass is 32.2.